The van der Waals surface area contributed by atoms with Gasteiger partial charge in [-0.05, 0) is 37.1 Å². The van der Waals surface area contributed by atoms with Crippen LogP contribution in [-0.4, -0.2) is 16.0 Å². The van der Waals surface area contributed by atoms with E-state index in [-0.39, 0.29) is 0 Å². The predicted molar refractivity (Wildman–Crippen MR) is 78.0 cm³/mol. The zero-order valence-corrected chi connectivity index (χ0v) is 11.3. The largest absolute Gasteiger partial charge is 0.467 e. The maximum atomic E-state index is 5.58. The van der Waals surface area contributed by atoms with Gasteiger partial charge in [-0.2, -0.15) is 0 Å². The number of nitrogens with zero attached hydrogens (tertiary/aromatic N) is 2. The number of pyridine rings is 1. The first kappa shape index (κ1) is 12.2. The van der Waals surface area contributed by atoms with Crippen LogP contribution in [0.2, 0.25) is 0 Å². The summed E-state index contributed by atoms with van der Waals surface area (Å²) in [7, 11) is 0. The average Bonchev–Trinajstić information content (AvgIpc) is 3.13. The number of nitrogens with two attached hydrogens (primary N) is 1. The highest BCUT2D eigenvalue weighted by Crippen LogP contribution is 2.32. The SMILES string of the molecule is NC(=S)c1ccc(N(Cc2ccco2)C2CC2)nc1. The third-order valence-electron chi connectivity index (χ3n) is 3.22. The Labute approximate surface area is 117 Å². The Balaban J connectivity index is 1.81. The van der Waals surface area contributed by atoms with Gasteiger partial charge in [0.2, 0.25) is 0 Å². The highest BCUT2D eigenvalue weighted by Gasteiger charge is 2.30. The Kier molecular flexibility index (Phi) is 3.21. The van der Waals surface area contributed by atoms with Gasteiger partial charge in [0, 0.05) is 17.8 Å². The van der Waals surface area contributed by atoms with E-state index in [4.69, 9.17) is 22.4 Å². The van der Waals surface area contributed by atoms with E-state index >= 15 is 0 Å². The van der Waals surface area contributed by atoms with Crippen molar-refractivity contribution in [2.75, 3.05) is 4.90 Å². The Morgan fingerprint density at radius 3 is 2.79 bits per heavy atom. The molecule has 2 N–H and O–H groups in total. The normalized spacial score (nSPS) is 14.3. The number of hydrogen-bond acceptors (Lipinski definition) is 4. The summed E-state index contributed by atoms with van der Waals surface area (Å²) in [6, 6.07) is 8.34. The van der Waals surface area contributed by atoms with Crippen LogP contribution < -0.4 is 10.6 Å². The first-order valence-corrected chi connectivity index (χ1v) is 6.70. The van der Waals surface area contributed by atoms with Crippen molar-refractivity contribution in [2.45, 2.75) is 25.4 Å². The van der Waals surface area contributed by atoms with Gasteiger partial charge in [-0.1, -0.05) is 12.2 Å². The van der Waals surface area contributed by atoms with Crippen LogP contribution in [0.3, 0.4) is 0 Å². The summed E-state index contributed by atoms with van der Waals surface area (Å²) in [6.07, 6.45) is 5.85. The maximum absolute atomic E-state index is 5.58. The highest BCUT2D eigenvalue weighted by molar-refractivity contribution is 7.80. The molecule has 0 aromatic carbocycles. The van der Waals surface area contributed by atoms with Gasteiger partial charge in [-0.15, -0.1) is 0 Å². The molecule has 0 saturated heterocycles. The molecule has 0 bridgehead atoms. The van der Waals surface area contributed by atoms with Crippen molar-refractivity contribution < 1.29 is 4.42 Å². The van der Waals surface area contributed by atoms with Crippen LogP contribution >= 0.6 is 12.2 Å². The Morgan fingerprint density at radius 1 is 1.42 bits per heavy atom. The van der Waals surface area contributed by atoms with E-state index in [9.17, 15) is 0 Å². The second-order valence-electron chi connectivity index (χ2n) is 4.71. The van der Waals surface area contributed by atoms with E-state index in [1.807, 2.05) is 24.3 Å². The van der Waals surface area contributed by atoms with Crippen molar-refractivity contribution in [3.05, 3.63) is 48.0 Å². The van der Waals surface area contributed by atoms with Gasteiger partial charge in [0.25, 0.3) is 0 Å². The number of rotatable bonds is 5. The minimum atomic E-state index is 0.378. The fourth-order valence-corrected chi connectivity index (χ4v) is 2.18. The number of hydrogen-bond donors (Lipinski definition) is 1. The van der Waals surface area contributed by atoms with E-state index in [1.54, 1.807) is 12.5 Å². The van der Waals surface area contributed by atoms with E-state index in [1.165, 1.54) is 12.8 Å². The van der Waals surface area contributed by atoms with Crippen LogP contribution in [0.15, 0.2) is 41.1 Å². The molecule has 2 aromatic heterocycles. The molecule has 2 aromatic rings. The zero-order chi connectivity index (χ0) is 13.2. The molecule has 0 spiro atoms. The number of thiocarbonyl (C=S) groups is 1. The molecule has 1 aliphatic carbocycles. The molecular weight excluding hydrogens is 258 g/mol. The lowest BCUT2D eigenvalue weighted by Gasteiger charge is -2.22. The molecule has 1 aliphatic rings. The van der Waals surface area contributed by atoms with Gasteiger partial charge < -0.3 is 15.1 Å². The molecule has 0 amide bonds. The maximum Gasteiger partial charge on any atom is 0.129 e. The summed E-state index contributed by atoms with van der Waals surface area (Å²) in [5.74, 6) is 1.89. The predicted octanol–water partition coefficient (Wildman–Crippen LogP) is 2.48. The lowest BCUT2D eigenvalue weighted by molar-refractivity contribution is 0.500. The molecular formula is C14H15N3OS. The number of furan rings is 1. The lowest BCUT2D eigenvalue weighted by atomic mass is 10.2. The second-order valence-corrected chi connectivity index (χ2v) is 5.15. The number of aromatic nitrogens is 1. The molecule has 19 heavy (non-hydrogen) atoms. The smallest absolute Gasteiger partial charge is 0.129 e. The van der Waals surface area contributed by atoms with E-state index in [0.717, 1.165) is 23.7 Å². The molecule has 2 heterocycles. The van der Waals surface area contributed by atoms with Crippen molar-refractivity contribution in [1.29, 1.82) is 0 Å². The Bertz CT molecular complexity index is 561. The summed E-state index contributed by atoms with van der Waals surface area (Å²) in [5, 5.41) is 0. The molecule has 1 fully saturated rings. The molecule has 4 nitrogen and oxygen atoms in total. The molecule has 0 radical (unpaired) electrons. The van der Waals surface area contributed by atoms with Crippen LogP contribution in [0, 0.1) is 0 Å². The summed E-state index contributed by atoms with van der Waals surface area (Å²) in [5.41, 5.74) is 6.38. The molecule has 0 unspecified atom stereocenters. The standard InChI is InChI=1S/C14H15N3OS/c15-14(19)10-3-6-13(16-8-10)17(11-4-5-11)9-12-2-1-7-18-12/h1-3,6-8,11H,4-5,9H2,(H2,15,19). The van der Waals surface area contributed by atoms with Crippen LogP contribution in [0.4, 0.5) is 5.82 Å². The third-order valence-corrected chi connectivity index (χ3v) is 3.46. The van der Waals surface area contributed by atoms with Crippen molar-refractivity contribution >= 4 is 23.0 Å². The summed E-state index contributed by atoms with van der Waals surface area (Å²) in [4.78, 5) is 7.10. The van der Waals surface area contributed by atoms with Crippen LogP contribution in [0.1, 0.15) is 24.2 Å². The molecule has 98 valence electrons. The highest BCUT2D eigenvalue weighted by atomic mass is 32.1. The first-order chi connectivity index (χ1) is 9.24. The quantitative estimate of drug-likeness (QED) is 0.848. The zero-order valence-electron chi connectivity index (χ0n) is 10.5. The van der Waals surface area contributed by atoms with E-state index in [2.05, 4.69) is 9.88 Å². The fraction of sp³-hybridized carbons (Fsp3) is 0.286. The van der Waals surface area contributed by atoms with Crippen LogP contribution in [0.25, 0.3) is 0 Å². The van der Waals surface area contributed by atoms with E-state index < -0.39 is 0 Å². The molecule has 0 aliphatic heterocycles. The van der Waals surface area contributed by atoms with Gasteiger partial charge in [0.15, 0.2) is 0 Å². The second kappa shape index (κ2) is 5.01. The van der Waals surface area contributed by atoms with Crippen LogP contribution in [0.5, 0.6) is 0 Å². The van der Waals surface area contributed by atoms with Gasteiger partial charge in [-0.25, -0.2) is 4.98 Å². The van der Waals surface area contributed by atoms with Gasteiger partial charge in [0.05, 0.1) is 12.8 Å². The van der Waals surface area contributed by atoms with Crippen molar-refractivity contribution in [3.8, 4) is 0 Å². The van der Waals surface area contributed by atoms with Crippen molar-refractivity contribution in [2.24, 2.45) is 5.73 Å². The fourth-order valence-electron chi connectivity index (χ4n) is 2.06. The molecule has 0 atom stereocenters. The summed E-state index contributed by atoms with van der Waals surface area (Å²) in [6.45, 7) is 0.747. The summed E-state index contributed by atoms with van der Waals surface area (Å²) < 4.78 is 5.42. The summed E-state index contributed by atoms with van der Waals surface area (Å²) >= 11 is 4.94. The average molecular weight is 273 g/mol. The first-order valence-electron chi connectivity index (χ1n) is 6.29. The van der Waals surface area contributed by atoms with Crippen molar-refractivity contribution in [3.63, 3.8) is 0 Å². The third kappa shape index (κ3) is 2.76. The van der Waals surface area contributed by atoms with Crippen molar-refractivity contribution in [1.82, 2.24) is 4.98 Å². The van der Waals surface area contributed by atoms with Gasteiger partial charge in [0.1, 0.15) is 16.6 Å². The van der Waals surface area contributed by atoms with Gasteiger partial charge in [-0.3, -0.25) is 0 Å². The lowest BCUT2D eigenvalue weighted by Crippen LogP contribution is -2.26. The molecule has 3 rings (SSSR count). The Morgan fingerprint density at radius 2 is 2.26 bits per heavy atom. The van der Waals surface area contributed by atoms with E-state index in [0.29, 0.717) is 11.0 Å². The minimum absolute atomic E-state index is 0.378. The minimum Gasteiger partial charge on any atom is -0.467 e. The van der Waals surface area contributed by atoms with Gasteiger partial charge >= 0.3 is 0 Å². The topological polar surface area (TPSA) is 55.3 Å². The molecule has 5 heteroatoms. The Hall–Kier alpha value is -1.88. The molecule has 1 saturated carbocycles. The monoisotopic (exact) mass is 273 g/mol. The van der Waals surface area contributed by atoms with Crippen LogP contribution in [-0.2, 0) is 6.54 Å². The number of anilines is 1.